The molecule has 0 spiro atoms. The highest BCUT2D eigenvalue weighted by molar-refractivity contribution is 5.36. The van der Waals surface area contributed by atoms with E-state index in [0.717, 1.165) is 11.8 Å². The highest BCUT2D eigenvalue weighted by Crippen LogP contribution is 2.62. The first-order valence-electron chi connectivity index (χ1n) is 6.44. The van der Waals surface area contributed by atoms with Gasteiger partial charge in [0.15, 0.2) is 0 Å². The molecule has 0 aromatic heterocycles. The highest BCUT2D eigenvalue weighted by Gasteiger charge is 2.56. The van der Waals surface area contributed by atoms with Crippen molar-refractivity contribution in [2.24, 2.45) is 17.8 Å². The molecule has 2 fully saturated rings. The number of aliphatic hydroxyl groups is 1. The largest absolute Gasteiger partial charge is 0.388 e. The van der Waals surface area contributed by atoms with Gasteiger partial charge in [0, 0.05) is 0 Å². The van der Waals surface area contributed by atoms with Crippen LogP contribution in [0.1, 0.15) is 42.1 Å². The minimum Gasteiger partial charge on any atom is -0.388 e. The number of aryl methyl sites for hydroxylation is 1. The van der Waals surface area contributed by atoms with E-state index in [0.29, 0.717) is 5.92 Å². The molecule has 1 heteroatoms. The maximum atomic E-state index is 10.5. The Balaban J connectivity index is 1.85. The van der Waals surface area contributed by atoms with Crippen LogP contribution in [0.4, 0.5) is 0 Å². The van der Waals surface area contributed by atoms with Gasteiger partial charge >= 0.3 is 0 Å². The fourth-order valence-electron chi connectivity index (χ4n) is 3.65. The van der Waals surface area contributed by atoms with Crippen molar-refractivity contribution < 1.29 is 5.11 Å². The van der Waals surface area contributed by atoms with Gasteiger partial charge in [0.2, 0.25) is 0 Å². The Morgan fingerprint density at radius 2 is 1.88 bits per heavy atom. The third-order valence-electron chi connectivity index (χ3n) is 4.80. The van der Waals surface area contributed by atoms with E-state index in [-0.39, 0.29) is 6.10 Å². The van der Waals surface area contributed by atoms with Gasteiger partial charge in [-0.1, -0.05) is 24.6 Å². The molecule has 3 rings (SSSR count). The van der Waals surface area contributed by atoms with Crippen LogP contribution in [0.15, 0.2) is 18.2 Å². The van der Waals surface area contributed by atoms with Crippen LogP contribution >= 0.6 is 0 Å². The van der Waals surface area contributed by atoms with E-state index in [4.69, 9.17) is 0 Å². The summed E-state index contributed by atoms with van der Waals surface area (Å²) in [6.45, 7) is 4.26. The second-order valence-corrected chi connectivity index (χ2v) is 5.57. The molecule has 0 amide bonds. The molecule has 3 atom stereocenters. The van der Waals surface area contributed by atoms with Crippen LogP contribution in [0.25, 0.3) is 0 Å². The minimum absolute atomic E-state index is 0.213. The lowest BCUT2D eigenvalue weighted by molar-refractivity contribution is 0.136. The molecule has 0 heterocycles. The summed E-state index contributed by atoms with van der Waals surface area (Å²) in [4.78, 5) is 0. The maximum Gasteiger partial charge on any atom is 0.0826 e. The first kappa shape index (κ1) is 10.3. The number of aliphatic hydroxyl groups excluding tert-OH is 1. The lowest BCUT2D eigenvalue weighted by Crippen LogP contribution is -2.06. The third kappa shape index (κ3) is 1.41. The standard InChI is InChI=1S/C15H20O/c1-9-5-3-6-11(10(9)2)15(16)14-12-7-4-8-13(12)14/h3,5-6,12-16H,4,7-8H2,1-2H3. The Labute approximate surface area is 97.5 Å². The molecule has 2 saturated carbocycles. The normalized spacial score (nSPS) is 33.6. The maximum absolute atomic E-state index is 10.5. The molecule has 0 saturated heterocycles. The molecule has 1 aromatic rings. The van der Waals surface area contributed by atoms with Crippen molar-refractivity contribution in [3.63, 3.8) is 0 Å². The van der Waals surface area contributed by atoms with Gasteiger partial charge in [0.25, 0.3) is 0 Å². The molecule has 2 aliphatic rings. The van der Waals surface area contributed by atoms with Crippen LogP contribution in [0.2, 0.25) is 0 Å². The third-order valence-corrected chi connectivity index (χ3v) is 4.80. The summed E-state index contributed by atoms with van der Waals surface area (Å²) in [5, 5.41) is 10.5. The average molecular weight is 216 g/mol. The van der Waals surface area contributed by atoms with Crippen LogP contribution in [0.3, 0.4) is 0 Å². The van der Waals surface area contributed by atoms with Crippen molar-refractivity contribution in [1.29, 1.82) is 0 Å². The summed E-state index contributed by atoms with van der Waals surface area (Å²) in [5.74, 6) is 2.22. The zero-order valence-electron chi connectivity index (χ0n) is 10.1. The second kappa shape index (κ2) is 3.59. The molecule has 0 radical (unpaired) electrons. The predicted molar refractivity (Wildman–Crippen MR) is 65.2 cm³/mol. The second-order valence-electron chi connectivity index (χ2n) is 5.57. The van der Waals surface area contributed by atoms with E-state index in [9.17, 15) is 5.11 Å². The summed E-state index contributed by atoms with van der Waals surface area (Å²) in [6.07, 6.45) is 3.86. The number of hydrogen-bond acceptors (Lipinski definition) is 1. The molecule has 2 aliphatic carbocycles. The summed E-state index contributed by atoms with van der Waals surface area (Å²) in [7, 11) is 0. The van der Waals surface area contributed by atoms with Gasteiger partial charge in [-0.25, -0.2) is 0 Å². The van der Waals surface area contributed by atoms with Crippen LogP contribution in [-0.4, -0.2) is 5.11 Å². The molecule has 1 N–H and O–H groups in total. The van der Waals surface area contributed by atoms with E-state index >= 15 is 0 Å². The van der Waals surface area contributed by atoms with Crippen molar-refractivity contribution in [2.45, 2.75) is 39.2 Å². The lowest BCUT2D eigenvalue weighted by atomic mass is 9.94. The summed E-state index contributed by atoms with van der Waals surface area (Å²) in [6, 6.07) is 6.29. The van der Waals surface area contributed by atoms with Gasteiger partial charge in [0.05, 0.1) is 6.10 Å². The molecular formula is C15H20O. The van der Waals surface area contributed by atoms with Crippen LogP contribution < -0.4 is 0 Å². The Morgan fingerprint density at radius 1 is 1.19 bits per heavy atom. The highest BCUT2D eigenvalue weighted by atomic mass is 16.3. The van der Waals surface area contributed by atoms with Gasteiger partial charge in [-0.2, -0.15) is 0 Å². The van der Waals surface area contributed by atoms with Gasteiger partial charge in [-0.05, 0) is 61.1 Å². The zero-order valence-corrected chi connectivity index (χ0v) is 10.1. The molecule has 0 bridgehead atoms. The quantitative estimate of drug-likeness (QED) is 0.803. The van der Waals surface area contributed by atoms with Gasteiger partial charge in [0.1, 0.15) is 0 Å². The molecule has 3 unspecified atom stereocenters. The number of benzene rings is 1. The predicted octanol–water partition coefficient (Wildman–Crippen LogP) is 3.38. The zero-order chi connectivity index (χ0) is 11.3. The molecule has 0 aliphatic heterocycles. The first-order valence-corrected chi connectivity index (χ1v) is 6.44. The number of rotatable bonds is 2. The van der Waals surface area contributed by atoms with Crippen LogP contribution in [-0.2, 0) is 0 Å². The van der Waals surface area contributed by atoms with Crippen LogP contribution in [0, 0.1) is 31.6 Å². The van der Waals surface area contributed by atoms with Crippen molar-refractivity contribution in [2.75, 3.05) is 0 Å². The fourth-order valence-corrected chi connectivity index (χ4v) is 3.65. The van der Waals surface area contributed by atoms with E-state index in [1.807, 2.05) is 0 Å². The van der Waals surface area contributed by atoms with E-state index in [1.54, 1.807) is 0 Å². The van der Waals surface area contributed by atoms with E-state index in [2.05, 4.69) is 32.0 Å². The van der Waals surface area contributed by atoms with Gasteiger partial charge < -0.3 is 5.11 Å². The Hall–Kier alpha value is -0.820. The average Bonchev–Trinajstić information content (AvgIpc) is 2.75. The summed E-state index contributed by atoms with van der Waals surface area (Å²) in [5.41, 5.74) is 3.74. The summed E-state index contributed by atoms with van der Waals surface area (Å²) >= 11 is 0. The fraction of sp³-hybridized carbons (Fsp3) is 0.600. The van der Waals surface area contributed by atoms with E-state index < -0.39 is 0 Å². The summed E-state index contributed by atoms with van der Waals surface area (Å²) < 4.78 is 0. The smallest absolute Gasteiger partial charge is 0.0826 e. The molecule has 86 valence electrons. The van der Waals surface area contributed by atoms with Gasteiger partial charge in [-0.15, -0.1) is 0 Å². The lowest BCUT2D eigenvalue weighted by Gasteiger charge is -2.16. The van der Waals surface area contributed by atoms with Gasteiger partial charge in [-0.3, -0.25) is 0 Å². The Kier molecular flexibility index (Phi) is 2.32. The van der Waals surface area contributed by atoms with Crippen molar-refractivity contribution in [3.05, 3.63) is 34.9 Å². The number of hydrogen-bond donors (Lipinski definition) is 1. The minimum atomic E-state index is -0.213. The molecule has 1 aromatic carbocycles. The van der Waals surface area contributed by atoms with E-state index in [1.165, 1.54) is 36.0 Å². The Morgan fingerprint density at radius 3 is 2.56 bits per heavy atom. The first-order chi connectivity index (χ1) is 7.70. The van der Waals surface area contributed by atoms with Crippen molar-refractivity contribution in [1.82, 2.24) is 0 Å². The molecule has 1 nitrogen and oxygen atoms in total. The van der Waals surface area contributed by atoms with Crippen molar-refractivity contribution in [3.8, 4) is 0 Å². The topological polar surface area (TPSA) is 20.2 Å². The number of fused-ring (bicyclic) bond motifs is 1. The SMILES string of the molecule is Cc1cccc(C(O)C2C3CCCC32)c1C. The molecular weight excluding hydrogens is 196 g/mol. The Bertz CT molecular complexity index is 400. The van der Waals surface area contributed by atoms with Crippen molar-refractivity contribution >= 4 is 0 Å². The monoisotopic (exact) mass is 216 g/mol. The van der Waals surface area contributed by atoms with Crippen LogP contribution in [0.5, 0.6) is 0 Å². The molecule has 16 heavy (non-hydrogen) atoms.